The number of carbonyl (C=O) groups excluding carboxylic acids is 1. The Balaban J connectivity index is 1.94. The molecule has 0 saturated heterocycles. The first-order valence-corrected chi connectivity index (χ1v) is 11.9. The van der Waals surface area contributed by atoms with E-state index in [9.17, 15) is 4.79 Å². The molecule has 0 aliphatic rings. The number of nitrogens with zero attached hydrogens (tertiary/aromatic N) is 2. The van der Waals surface area contributed by atoms with Gasteiger partial charge in [-0.05, 0) is 58.4 Å². The van der Waals surface area contributed by atoms with Crippen molar-refractivity contribution in [3.63, 3.8) is 0 Å². The van der Waals surface area contributed by atoms with Crippen molar-refractivity contribution >= 4 is 33.6 Å². The quantitative estimate of drug-likeness (QED) is 0.292. The highest BCUT2D eigenvalue weighted by Crippen LogP contribution is 2.40. The van der Waals surface area contributed by atoms with Crippen molar-refractivity contribution in [3.8, 4) is 0 Å². The predicted molar refractivity (Wildman–Crippen MR) is 144 cm³/mol. The largest absolute Gasteiger partial charge is 0.310 e. The lowest BCUT2D eigenvalue weighted by Crippen LogP contribution is -2.14. The number of rotatable bonds is 4. The molecule has 0 aliphatic carbocycles. The lowest BCUT2D eigenvalue weighted by molar-refractivity contribution is 0.101. The molecule has 0 spiro atoms. The van der Waals surface area contributed by atoms with Gasteiger partial charge >= 0.3 is 0 Å². The zero-order chi connectivity index (χ0) is 24.7. The lowest BCUT2D eigenvalue weighted by Gasteiger charge is -2.29. The van der Waals surface area contributed by atoms with Crippen LogP contribution in [0.15, 0.2) is 79.0 Å². The SMILES string of the molecule is CC(=O)c1nccc2c(N(c3ccc(C(C)(C)C)cc3)c3ccc(C(C)(C)C)cc3)cccc12. The average molecular weight is 451 g/mol. The lowest BCUT2D eigenvalue weighted by atomic mass is 9.86. The van der Waals surface area contributed by atoms with Gasteiger partial charge in [0, 0.05) is 35.3 Å². The van der Waals surface area contributed by atoms with Crippen LogP contribution in [0, 0.1) is 0 Å². The Kier molecular flexibility index (Phi) is 6.07. The summed E-state index contributed by atoms with van der Waals surface area (Å²) in [6.07, 6.45) is 1.73. The van der Waals surface area contributed by atoms with Crippen molar-refractivity contribution in [2.24, 2.45) is 0 Å². The molecule has 0 bridgehead atoms. The van der Waals surface area contributed by atoms with Gasteiger partial charge in [0.15, 0.2) is 5.78 Å². The Bertz CT molecular complexity index is 1260. The molecule has 34 heavy (non-hydrogen) atoms. The Morgan fingerprint density at radius 2 is 1.18 bits per heavy atom. The highest BCUT2D eigenvalue weighted by atomic mass is 16.1. The molecular formula is C31H34N2O. The first kappa shape index (κ1) is 23.7. The van der Waals surface area contributed by atoms with E-state index in [1.807, 2.05) is 18.2 Å². The number of benzene rings is 3. The zero-order valence-corrected chi connectivity index (χ0v) is 21.3. The second kappa shape index (κ2) is 8.72. The predicted octanol–water partition coefficient (Wildman–Crippen LogP) is 8.50. The van der Waals surface area contributed by atoms with Crippen LogP contribution in [0.1, 0.15) is 70.1 Å². The highest BCUT2D eigenvalue weighted by Gasteiger charge is 2.20. The Labute approximate surface area is 203 Å². The number of aromatic nitrogens is 1. The van der Waals surface area contributed by atoms with Crippen LogP contribution in [0.2, 0.25) is 0 Å². The average Bonchev–Trinajstić information content (AvgIpc) is 2.78. The summed E-state index contributed by atoms with van der Waals surface area (Å²) in [5, 5.41) is 1.87. The third-order valence-electron chi connectivity index (χ3n) is 6.34. The number of anilines is 3. The van der Waals surface area contributed by atoms with E-state index in [1.54, 1.807) is 13.1 Å². The maximum atomic E-state index is 12.3. The molecule has 3 heteroatoms. The van der Waals surface area contributed by atoms with E-state index in [1.165, 1.54) is 11.1 Å². The molecule has 0 N–H and O–H groups in total. The van der Waals surface area contributed by atoms with Crippen LogP contribution in [0.25, 0.3) is 10.8 Å². The van der Waals surface area contributed by atoms with Crippen LogP contribution in [0.3, 0.4) is 0 Å². The maximum Gasteiger partial charge on any atom is 0.178 e. The summed E-state index contributed by atoms with van der Waals surface area (Å²) in [6, 6.07) is 25.7. The van der Waals surface area contributed by atoms with Gasteiger partial charge in [-0.3, -0.25) is 9.78 Å². The monoisotopic (exact) mass is 450 g/mol. The van der Waals surface area contributed by atoms with Crippen molar-refractivity contribution in [2.45, 2.75) is 59.3 Å². The molecule has 1 heterocycles. The second-order valence-corrected chi connectivity index (χ2v) is 11.0. The topological polar surface area (TPSA) is 33.2 Å². The smallest absolute Gasteiger partial charge is 0.178 e. The third-order valence-corrected chi connectivity index (χ3v) is 6.34. The molecule has 0 unspecified atom stereocenters. The minimum Gasteiger partial charge on any atom is -0.310 e. The minimum atomic E-state index is -0.0293. The van der Waals surface area contributed by atoms with E-state index >= 15 is 0 Å². The van der Waals surface area contributed by atoms with Crippen molar-refractivity contribution in [3.05, 3.63) is 95.8 Å². The van der Waals surface area contributed by atoms with Gasteiger partial charge in [-0.15, -0.1) is 0 Å². The highest BCUT2D eigenvalue weighted by molar-refractivity contribution is 6.09. The summed E-state index contributed by atoms with van der Waals surface area (Å²) in [4.78, 5) is 18.9. The van der Waals surface area contributed by atoms with Gasteiger partial charge in [-0.1, -0.05) is 77.9 Å². The number of pyridine rings is 1. The van der Waals surface area contributed by atoms with Crippen LogP contribution in [-0.4, -0.2) is 10.8 Å². The van der Waals surface area contributed by atoms with E-state index in [2.05, 4.69) is 106 Å². The second-order valence-electron chi connectivity index (χ2n) is 11.0. The van der Waals surface area contributed by atoms with Crippen molar-refractivity contribution in [1.29, 1.82) is 0 Å². The molecule has 1 aromatic heterocycles. The maximum absolute atomic E-state index is 12.3. The molecular weight excluding hydrogens is 416 g/mol. The first-order valence-electron chi connectivity index (χ1n) is 11.9. The molecule has 0 aliphatic heterocycles. The minimum absolute atomic E-state index is 0.0293. The van der Waals surface area contributed by atoms with Gasteiger partial charge in [0.05, 0.1) is 5.69 Å². The van der Waals surface area contributed by atoms with Crippen LogP contribution in [0.4, 0.5) is 17.1 Å². The summed E-state index contributed by atoms with van der Waals surface area (Å²) in [7, 11) is 0. The van der Waals surface area contributed by atoms with E-state index in [4.69, 9.17) is 0 Å². The summed E-state index contributed by atoms with van der Waals surface area (Å²) in [5.74, 6) is -0.0293. The molecule has 3 nitrogen and oxygen atoms in total. The molecule has 4 rings (SSSR count). The van der Waals surface area contributed by atoms with Crippen molar-refractivity contribution in [1.82, 2.24) is 4.98 Å². The fourth-order valence-electron chi connectivity index (χ4n) is 4.31. The molecule has 0 radical (unpaired) electrons. The van der Waals surface area contributed by atoms with E-state index in [0.29, 0.717) is 5.69 Å². The first-order chi connectivity index (χ1) is 16.0. The Hall–Kier alpha value is -3.46. The third kappa shape index (κ3) is 4.61. The molecule has 0 amide bonds. The molecule has 174 valence electrons. The summed E-state index contributed by atoms with van der Waals surface area (Å²) >= 11 is 0. The number of hydrogen-bond donors (Lipinski definition) is 0. The van der Waals surface area contributed by atoms with Gasteiger partial charge in [-0.25, -0.2) is 0 Å². The molecule has 3 aromatic carbocycles. The van der Waals surface area contributed by atoms with Crippen LogP contribution in [0.5, 0.6) is 0 Å². The van der Waals surface area contributed by atoms with Gasteiger partial charge < -0.3 is 4.90 Å². The van der Waals surface area contributed by atoms with E-state index < -0.39 is 0 Å². The summed E-state index contributed by atoms with van der Waals surface area (Å²) in [5.41, 5.74) is 6.43. The number of Topliss-reactive ketones (excluding diaryl/α,β-unsaturated/α-hetero) is 1. The van der Waals surface area contributed by atoms with Gasteiger partial charge in [0.2, 0.25) is 0 Å². The molecule has 4 aromatic rings. The summed E-state index contributed by atoms with van der Waals surface area (Å²) < 4.78 is 0. The molecule has 0 saturated carbocycles. The number of ketones is 1. The van der Waals surface area contributed by atoms with Gasteiger partial charge in [0.25, 0.3) is 0 Å². The van der Waals surface area contributed by atoms with Crippen LogP contribution >= 0.6 is 0 Å². The Morgan fingerprint density at radius 1 is 0.676 bits per heavy atom. The van der Waals surface area contributed by atoms with Crippen molar-refractivity contribution < 1.29 is 4.79 Å². The zero-order valence-electron chi connectivity index (χ0n) is 21.3. The fourth-order valence-corrected chi connectivity index (χ4v) is 4.31. The van der Waals surface area contributed by atoms with Crippen LogP contribution < -0.4 is 4.90 Å². The number of fused-ring (bicyclic) bond motifs is 1. The van der Waals surface area contributed by atoms with Crippen LogP contribution in [-0.2, 0) is 10.8 Å². The van der Waals surface area contributed by atoms with Gasteiger partial charge in [-0.2, -0.15) is 0 Å². The number of hydrogen-bond acceptors (Lipinski definition) is 3. The van der Waals surface area contributed by atoms with E-state index in [-0.39, 0.29) is 16.6 Å². The molecule has 0 fully saturated rings. The Morgan fingerprint density at radius 3 is 1.62 bits per heavy atom. The standard InChI is InChI=1S/C31H34N2O/c1-21(34)29-27-9-8-10-28(26(27)19-20-32-29)33(24-15-11-22(12-16-24)30(2,3)4)25-17-13-23(14-18-25)31(5,6)7/h8-20H,1-7H3. The molecule has 0 atom stereocenters. The van der Waals surface area contributed by atoms with E-state index in [0.717, 1.165) is 27.8 Å². The normalized spacial score (nSPS) is 12.1. The number of carbonyl (C=O) groups is 1. The fraction of sp³-hybridized carbons (Fsp3) is 0.290. The summed E-state index contributed by atoms with van der Waals surface area (Å²) in [6.45, 7) is 14.9. The van der Waals surface area contributed by atoms with Gasteiger partial charge in [0.1, 0.15) is 5.69 Å². The van der Waals surface area contributed by atoms with Crippen molar-refractivity contribution in [2.75, 3.05) is 4.90 Å².